The smallest absolute Gasteiger partial charge is 0.239 e. The summed E-state index contributed by atoms with van der Waals surface area (Å²) in [6, 6.07) is 20.6. The van der Waals surface area contributed by atoms with Crippen LogP contribution in [0.4, 0.5) is 0 Å². The zero-order valence-corrected chi connectivity index (χ0v) is 16.1. The van der Waals surface area contributed by atoms with E-state index in [2.05, 4.69) is 29.7 Å². The topological polar surface area (TPSA) is 35.9 Å². The molecule has 0 bridgehead atoms. The lowest BCUT2D eigenvalue weighted by atomic mass is 10.2. The number of amidine groups is 1. The highest BCUT2D eigenvalue weighted by Crippen LogP contribution is 2.52. The number of hydrazone groups is 1. The van der Waals surface area contributed by atoms with Gasteiger partial charge in [-0.05, 0) is 22.9 Å². The Hall–Kier alpha value is -1.83. The molecular formula is C19H15N3OS3. The average molecular weight is 398 g/mol. The van der Waals surface area contributed by atoms with Crippen LogP contribution < -0.4 is 0 Å². The molecule has 1 amide bonds. The van der Waals surface area contributed by atoms with Gasteiger partial charge in [0.25, 0.3) is 0 Å². The van der Waals surface area contributed by atoms with Gasteiger partial charge in [0, 0.05) is 5.41 Å². The van der Waals surface area contributed by atoms with E-state index < -0.39 is 0 Å². The lowest BCUT2D eigenvalue weighted by molar-refractivity contribution is -0.124. The average Bonchev–Trinajstić information content (AvgIpc) is 3.36. The van der Waals surface area contributed by atoms with E-state index in [1.165, 1.54) is 5.56 Å². The molecule has 2 unspecified atom stereocenters. The predicted molar refractivity (Wildman–Crippen MR) is 110 cm³/mol. The van der Waals surface area contributed by atoms with Gasteiger partial charge in [-0.1, -0.05) is 72.4 Å². The number of thioether (sulfide) groups is 3. The Labute approximate surface area is 164 Å². The molecule has 0 aliphatic carbocycles. The van der Waals surface area contributed by atoms with E-state index in [-0.39, 0.29) is 16.7 Å². The molecule has 1 saturated heterocycles. The van der Waals surface area contributed by atoms with Gasteiger partial charge in [0.15, 0.2) is 5.17 Å². The van der Waals surface area contributed by atoms with Crippen LogP contribution in [0, 0.1) is 0 Å². The minimum atomic E-state index is -0.00148. The summed E-state index contributed by atoms with van der Waals surface area (Å²) in [6.07, 6.45) is 0. The van der Waals surface area contributed by atoms with Crippen LogP contribution in [-0.2, 0) is 4.79 Å². The predicted octanol–water partition coefficient (Wildman–Crippen LogP) is 4.82. The molecule has 0 spiro atoms. The summed E-state index contributed by atoms with van der Waals surface area (Å²) in [5.74, 6) is 0.621. The zero-order chi connectivity index (χ0) is 17.5. The van der Waals surface area contributed by atoms with Gasteiger partial charge in [0.05, 0.1) is 5.75 Å². The largest absolute Gasteiger partial charge is 0.273 e. The van der Waals surface area contributed by atoms with Crippen LogP contribution in [-0.4, -0.2) is 26.7 Å². The molecule has 0 saturated carbocycles. The monoisotopic (exact) mass is 397 g/mol. The molecule has 3 heterocycles. The molecule has 26 heavy (non-hydrogen) atoms. The number of rotatable bonds is 2. The second kappa shape index (κ2) is 6.72. The standard InChI is InChI=1S/C19H15N3OS3/c23-15-11-24-17(13-7-3-1-4-8-13)21(15)19-20-22-16(26-19)12-25-18(22)14-9-5-2-6-10-14/h1-10,12,17-18H,11H2. The van der Waals surface area contributed by atoms with E-state index in [0.717, 1.165) is 15.8 Å². The molecule has 2 aromatic rings. The fourth-order valence-corrected chi connectivity index (χ4v) is 6.61. The van der Waals surface area contributed by atoms with Gasteiger partial charge in [0.1, 0.15) is 15.8 Å². The maximum atomic E-state index is 12.6. The first-order valence-electron chi connectivity index (χ1n) is 8.26. The van der Waals surface area contributed by atoms with Crippen LogP contribution in [0.25, 0.3) is 0 Å². The van der Waals surface area contributed by atoms with Crippen LogP contribution in [0.15, 0.2) is 76.2 Å². The Balaban J connectivity index is 1.45. The molecule has 7 heteroatoms. The van der Waals surface area contributed by atoms with Gasteiger partial charge in [-0.2, -0.15) is 0 Å². The summed E-state index contributed by atoms with van der Waals surface area (Å²) in [7, 11) is 0. The van der Waals surface area contributed by atoms with Crippen molar-refractivity contribution in [3.8, 4) is 0 Å². The highest BCUT2D eigenvalue weighted by atomic mass is 32.2. The number of fused-ring (bicyclic) bond motifs is 1. The Morgan fingerprint density at radius 1 is 0.923 bits per heavy atom. The SMILES string of the molecule is O=C1CSC(c2ccccc2)N1C1=NN2C(=CSC2c2ccccc2)S1. The first-order chi connectivity index (χ1) is 12.8. The summed E-state index contributed by atoms with van der Waals surface area (Å²) in [5.41, 5.74) is 2.36. The highest BCUT2D eigenvalue weighted by Gasteiger charge is 2.42. The zero-order valence-electron chi connectivity index (χ0n) is 13.7. The van der Waals surface area contributed by atoms with Crippen LogP contribution in [0.5, 0.6) is 0 Å². The van der Waals surface area contributed by atoms with Crippen LogP contribution in [0.1, 0.15) is 21.9 Å². The van der Waals surface area contributed by atoms with Gasteiger partial charge in [-0.25, -0.2) is 5.01 Å². The highest BCUT2D eigenvalue weighted by molar-refractivity contribution is 8.18. The molecule has 1 fully saturated rings. The maximum absolute atomic E-state index is 12.6. The van der Waals surface area contributed by atoms with Gasteiger partial charge >= 0.3 is 0 Å². The Bertz CT molecular complexity index is 901. The van der Waals surface area contributed by atoms with Crippen molar-refractivity contribution in [1.29, 1.82) is 0 Å². The molecule has 5 rings (SSSR count). The number of carbonyl (C=O) groups excluding carboxylic acids is 1. The Morgan fingerprint density at radius 2 is 1.58 bits per heavy atom. The van der Waals surface area contributed by atoms with E-state index in [9.17, 15) is 4.79 Å². The lowest BCUT2D eigenvalue weighted by Crippen LogP contribution is -2.32. The fourth-order valence-electron chi connectivity index (χ4n) is 3.16. The van der Waals surface area contributed by atoms with Crippen molar-refractivity contribution in [2.75, 3.05) is 5.75 Å². The maximum Gasteiger partial charge on any atom is 0.239 e. The molecule has 2 atom stereocenters. The molecule has 3 aliphatic rings. The third-order valence-electron chi connectivity index (χ3n) is 4.38. The van der Waals surface area contributed by atoms with Crippen molar-refractivity contribution in [2.45, 2.75) is 10.7 Å². The number of benzene rings is 2. The van der Waals surface area contributed by atoms with Crippen molar-refractivity contribution in [3.05, 3.63) is 82.2 Å². The van der Waals surface area contributed by atoms with Crippen molar-refractivity contribution >= 4 is 46.4 Å². The summed E-state index contributed by atoms with van der Waals surface area (Å²) in [6.45, 7) is 0. The molecule has 4 nitrogen and oxygen atoms in total. The van der Waals surface area contributed by atoms with Crippen molar-refractivity contribution in [1.82, 2.24) is 9.91 Å². The Morgan fingerprint density at radius 3 is 2.27 bits per heavy atom. The summed E-state index contributed by atoms with van der Waals surface area (Å²) >= 11 is 5.01. The molecule has 130 valence electrons. The van der Waals surface area contributed by atoms with Gasteiger partial charge in [0.2, 0.25) is 5.91 Å². The number of hydrogen-bond acceptors (Lipinski definition) is 6. The third kappa shape index (κ3) is 2.74. The quantitative estimate of drug-likeness (QED) is 0.726. The number of hydrogen-bond donors (Lipinski definition) is 0. The number of amides is 1. The van der Waals surface area contributed by atoms with Crippen LogP contribution in [0.3, 0.4) is 0 Å². The number of nitrogens with zero attached hydrogens (tertiary/aromatic N) is 3. The first kappa shape index (κ1) is 16.4. The summed E-state index contributed by atoms with van der Waals surface area (Å²) < 4.78 is 0. The minimum absolute atomic E-state index is 0.00148. The van der Waals surface area contributed by atoms with E-state index in [1.807, 2.05) is 46.3 Å². The molecule has 2 aromatic carbocycles. The second-order valence-corrected chi connectivity index (χ2v) is 9.03. The van der Waals surface area contributed by atoms with E-state index >= 15 is 0 Å². The number of carbonyl (C=O) groups is 1. The van der Waals surface area contributed by atoms with Crippen molar-refractivity contribution in [2.24, 2.45) is 5.10 Å². The first-order valence-corrected chi connectivity index (χ1v) is 11.1. The normalized spacial score (nSPS) is 24.7. The van der Waals surface area contributed by atoms with E-state index in [1.54, 1.807) is 35.3 Å². The molecule has 0 N–H and O–H groups in total. The second-order valence-electron chi connectivity index (χ2n) is 6.02. The lowest BCUT2D eigenvalue weighted by Gasteiger charge is -2.23. The summed E-state index contributed by atoms with van der Waals surface area (Å²) in [5, 5.41) is 11.0. The van der Waals surface area contributed by atoms with E-state index in [0.29, 0.717) is 5.75 Å². The molecule has 3 aliphatic heterocycles. The van der Waals surface area contributed by atoms with Crippen LogP contribution in [0.2, 0.25) is 0 Å². The third-order valence-corrected chi connectivity index (χ3v) is 7.80. The van der Waals surface area contributed by atoms with Crippen LogP contribution >= 0.6 is 35.3 Å². The molecular weight excluding hydrogens is 382 g/mol. The van der Waals surface area contributed by atoms with Gasteiger partial charge in [-0.3, -0.25) is 9.69 Å². The molecule has 0 aromatic heterocycles. The fraction of sp³-hybridized carbons (Fsp3) is 0.158. The van der Waals surface area contributed by atoms with Gasteiger partial charge in [-0.15, -0.1) is 16.9 Å². The van der Waals surface area contributed by atoms with Crippen molar-refractivity contribution in [3.63, 3.8) is 0 Å². The minimum Gasteiger partial charge on any atom is -0.273 e. The van der Waals surface area contributed by atoms with Crippen molar-refractivity contribution < 1.29 is 4.79 Å². The molecule has 0 radical (unpaired) electrons. The summed E-state index contributed by atoms with van der Waals surface area (Å²) in [4.78, 5) is 14.4. The van der Waals surface area contributed by atoms with E-state index in [4.69, 9.17) is 5.10 Å². The Kier molecular flexibility index (Phi) is 4.23. The van der Waals surface area contributed by atoms with Gasteiger partial charge < -0.3 is 0 Å².